The number of benzene rings is 2. The summed E-state index contributed by atoms with van der Waals surface area (Å²) in [7, 11) is 0. The molecule has 3 heteroatoms. The van der Waals surface area contributed by atoms with Gasteiger partial charge in [0, 0.05) is 11.6 Å². The summed E-state index contributed by atoms with van der Waals surface area (Å²) in [6.45, 7) is 1.88. The Kier molecular flexibility index (Phi) is 4.84. The summed E-state index contributed by atoms with van der Waals surface area (Å²) >= 11 is 0. The van der Waals surface area contributed by atoms with Crippen LogP contribution in [0.4, 0.5) is 0 Å². The van der Waals surface area contributed by atoms with Gasteiger partial charge in [-0.3, -0.25) is 0 Å². The zero-order chi connectivity index (χ0) is 16.9. The lowest BCUT2D eigenvalue weighted by atomic mass is 10.0. The molecule has 128 valence electrons. The monoisotopic (exact) mass is 333 g/mol. The van der Waals surface area contributed by atoms with Gasteiger partial charge in [0.2, 0.25) is 0 Å². The molecule has 0 spiro atoms. The Labute approximate surface area is 148 Å². The Morgan fingerprint density at radius 3 is 2.32 bits per heavy atom. The van der Waals surface area contributed by atoms with Crippen LogP contribution in [0.15, 0.2) is 71.5 Å². The van der Waals surface area contributed by atoms with Crippen LogP contribution in [0.1, 0.15) is 24.0 Å². The molecule has 2 heterocycles. The first-order chi connectivity index (χ1) is 12.4. The lowest BCUT2D eigenvalue weighted by Gasteiger charge is -2.12. The molecule has 1 aromatic heterocycles. The predicted molar refractivity (Wildman–Crippen MR) is 99.9 cm³/mol. The third-order valence-corrected chi connectivity index (χ3v) is 4.75. The van der Waals surface area contributed by atoms with Crippen molar-refractivity contribution in [2.75, 3.05) is 13.2 Å². The van der Waals surface area contributed by atoms with E-state index in [2.05, 4.69) is 53.8 Å². The van der Waals surface area contributed by atoms with Crippen molar-refractivity contribution in [1.82, 2.24) is 5.32 Å². The van der Waals surface area contributed by atoms with Crippen LogP contribution in [-0.2, 0) is 6.42 Å². The summed E-state index contributed by atoms with van der Waals surface area (Å²) in [6.07, 6.45) is 6.87. The van der Waals surface area contributed by atoms with E-state index in [0.29, 0.717) is 6.04 Å². The SMILES string of the molecule is c1cc(-c2ccc(Cc3ccc(OC[C@H]4CCCN4)cc3)cc2)co1. The summed E-state index contributed by atoms with van der Waals surface area (Å²) in [6, 6.07) is 19.6. The quantitative estimate of drug-likeness (QED) is 0.712. The third-order valence-electron chi connectivity index (χ3n) is 4.75. The molecule has 0 bridgehead atoms. The van der Waals surface area contributed by atoms with Crippen LogP contribution < -0.4 is 10.1 Å². The molecule has 1 aliphatic rings. The maximum atomic E-state index is 5.88. The number of nitrogens with one attached hydrogen (secondary N) is 1. The predicted octanol–water partition coefficient (Wildman–Crippen LogP) is 4.67. The van der Waals surface area contributed by atoms with Crippen molar-refractivity contribution in [3.63, 3.8) is 0 Å². The molecule has 3 nitrogen and oxygen atoms in total. The number of rotatable bonds is 6. The number of hydrogen-bond acceptors (Lipinski definition) is 3. The van der Waals surface area contributed by atoms with Crippen molar-refractivity contribution < 1.29 is 9.15 Å². The third kappa shape index (κ3) is 4.12. The van der Waals surface area contributed by atoms with Gasteiger partial charge < -0.3 is 14.5 Å². The minimum absolute atomic E-state index is 0.508. The van der Waals surface area contributed by atoms with Crippen LogP contribution in [-0.4, -0.2) is 19.2 Å². The van der Waals surface area contributed by atoms with Gasteiger partial charge in [0.25, 0.3) is 0 Å². The van der Waals surface area contributed by atoms with Crippen LogP contribution in [0.2, 0.25) is 0 Å². The van der Waals surface area contributed by atoms with Crippen molar-refractivity contribution >= 4 is 0 Å². The van der Waals surface area contributed by atoms with Crippen molar-refractivity contribution in [2.24, 2.45) is 0 Å². The summed E-state index contributed by atoms with van der Waals surface area (Å²) in [5.41, 5.74) is 4.89. The molecule has 1 fully saturated rings. The number of hydrogen-bond donors (Lipinski definition) is 1. The zero-order valence-corrected chi connectivity index (χ0v) is 14.3. The average molecular weight is 333 g/mol. The van der Waals surface area contributed by atoms with Crippen molar-refractivity contribution in [2.45, 2.75) is 25.3 Å². The molecule has 0 radical (unpaired) electrons. The Bertz CT molecular complexity index is 770. The van der Waals surface area contributed by atoms with E-state index < -0.39 is 0 Å². The molecule has 0 saturated carbocycles. The summed E-state index contributed by atoms with van der Waals surface area (Å²) in [5, 5.41) is 3.45. The maximum absolute atomic E-state index is 5.88. The van der Waals surface area contributed by atoms with Crippen LogP contribution in [0.5, 0.6) is 5.75 Å². The minimum Gasteiger partial charge on any atom is -0.492 e. The van der Waals surface area contributed by atoms with E-state index >= 15 is 0 Å². The first kappa shape index (κ1) is 16.0. The Morgan fingerprint density at radius 1 is 0.920 bits per heavy atom. The first-order valence-electron chi connectivity index (χ1n) is 8.93. The van der Waals surface area contributed by atoms with E-state index in [1.165, 1.54) is 29.5 Å². The Morgan fingerprint density at radius 2 is 1.68 bits per heavy atom. The molecule has 0 aliphatic carbocycles. The second-order valence-corrected chi connectivity index (χ2v) is 6.63. The molecule has 2 aromatic carbocycles. The van der Waals surface area contributed by atoms with E-state index in [-0.39, 0.29) is 0 Å². The lowest BCUT2D eigenvalue weighted by Crippen LogP contribution is -2.28. The molecular formula is C22H23NO2. The smallest absolute Gasteiger partial charge is 0.119 e. The van der Waals surface area contributed by atoms with Gasteiger partial charge in [0.15, 0.2) is 0 Å². The molecule has 4 rings (SSSR count). The van der Waals surface area contributed by atoms with Crippen molar-refractivity contribution in [3.05, 3.63) is 78.3 Å². The largest absolute Gasteiger partial charge is 0.492 e. The fraction of sp³-hybridized carbons (Fsp3) is 0.273. The Hall–Kier alpha value is -2.52. The second-order valence-electron chi connectivity index (χ2n) is 6.63. The Balaban J connectivity index is 1.34. The van der Waals surface area contributed by atoms with Gasteiger partial charge in [-0.15, -0.1) is 0 Å². The highest BCUT2D eigenvalue weighted by molar-refractivity contribution is 5.62. The van der Waals surface area contributed by atoms with Gasteiger partial charge in [-0.25, -0.2) is 0 Å². The van der Waals surface area contributed by atoms with E-state index in [4.69, 9.17) is 9.15 Å². The van der Waals surface area contributed by atoms with Gasteiger partial charge >= 0.3 is 0 Å². The maximum Gasteiger partial charge on any atom is 0.119 e. The fourth-order valence-corrected chi connectivity index (χ4v) is 3.28. The normalized spacial score (nSPS) is 16.9. The van der Waals surface area contributed by atoms with Gasteiger partial charge in [-0.05, 0) is 60.7 Å². The van der Waals surface area contributed by atoms with Gasteiger partial charge in [0.05, 0.1) is 12.5 Å². The fourth-order valence-electron chi connectivity index (χ4n) is 3.28. The molecule has 1 saturated heterocycles. The zero-order valence-electron chi connectivity index (χ0n) is 14.3. The molecule has 1 aliphatic heterocycles. The van der Waals surface area contributed by atoms with Gasteiger partial charge in [-0.1, -0.05) is 36.4 Å². The van der Waals surface area contributed by atoms with Crippen LogP contribution in [0, 0.1) is 0 Å². The van der Waals surface area contributed by atoms with E-state index in [9.17, 15) is 0 Å². The van der Waals surface area contributed by atoms with Crippen LogP contribution in [0.25, 0.3) is 11.1 Å². The average Bonchev–Trinajstić information content (AvgIpc) is 3.36. The van der Waals surface area contributed by atoms with Crippen molar-refractivity contribution in [3.8, 4) is 16.9 Å². The number of ether oxygens (including phenoxy) is 1. The van der Waals surface area contributed by atoms with Crippen LogP contribution in [0.3, 0.4) is 0 Å². The lowest BCUT2D eigenvalue weighted by molar-refractivity contribution is 0.277. The van der Waals surface area contributed by atoms with E-state index in [0.717, 1.165) is 30.9 Å². The van der Waals surface area contributed by atoms with Gasteiger partial charge in [0.1, 0.15) is 12.4 Å². The molecule has 1 atom stereocenters. The molecule has 3 aromatic rings. The molecule has 0 amide bonds. The minimum atomic E-state index is 0.508. The molecule has 25 heavy (non-hydrogen) atoms. The van der Waals surface area contributed by atoms with Crippen molar-refractivity contribution in [1.29, 1.82) is 0 Å². The summed E-state index contributed by atoms with van der Waals surface area (Å²) < 4.78 is 11.0. The summed E-state index contributed by atoms with van der Waals surface area (Å²) in [4.78, 5) is 0. The van der Waals surface area contributed by atoms with E-state index in [1.54, 1.807) is 12.5 Å². The molecule has 0 unspecified atom stereocenters. The van der Waals surface area contributed by atoms with E-state index in [1.807, 2.05) is 6.07 Å². The first-order valence-corrected chi connectivity index (χ1v) is 8.93. The standard InChI is InChI=1S/C22H23NO2/c1-2-21(23-12-1)16-25-22-9-5-18(6-10-22)14-17-3-7-19(8-4-17)20-11-13-24-15-20/h3-11,13,15,21,23H,1-2,12,14,16H2/t21-/m1/s1. The highest BCUT2D eigenvalue weighted by atomic mass is 16.5. The summed E-state index contributed by atoms with van der Waals surface area (Å²) in [5.74, 6) is 0.952. The highest BCUT2D eigenvalue weighted by Gasteiger charge is 2.14. The second kappa shape index (κ2) is 7.58. The molecular weight excluding hydrogens is 310 g/mol. The number of furan rings is 1. The topological polar surface area (TPSA) is 34.4 Å². The molecule has 1 N–H and O–H groups in total. The van der Waals surface area contributed by atoms with Crippen LogP contribution >= 0.6 is 0 Å². The highest BCUT2D eigenvalue weighted by Crippen LogP contribution is 2.22. The van der Waals surface area contributed by atoms with Gasteiger partial charge in [-0.2, -0.15) is 0 Å².